The van der Waals surface area contributed by atoms with Crippen molar-refractivity contribution >= 4 is 5.97 Å². The summed E-state index contributed by atoms with van der Waals surface area (Å²) in [4.78, 5) is 11.2. The van der Waals surface area contributed by atoms with E-state index in [1.54, 1.807) is 6.92 Å². The zero-order valence-electron chi connectivity index (χ0n) is 11.1. The molecule has 1 aliphatic heterocycles. The lowest BCUT2D eigenvalue weighted by atomic mass is 9.84. The average molecular weight is 288 g/mol. The predicted molar refractivity (Wildman–Crippen MR) is 68.6 cm³/mol. The lowest BCUT2D eigenvalue weighted by Crippen LogP contribution is -2.50. The fourth-order valence-electron chi connectivity index (χ4n) is 2.21. The van der Waals surface area contributed by atoms with Crippen LogP contribution >= 0.6 is 0 Å². The molecule has 0 saturated carbocycles. The number of aliphatic hydroxyl groups is 4. The van der Waals surface area contributed by atoms with Gasteiger partial charge in [-0.25, -0.2) is 4.79 Å². The molecule has 0 saturated heterocycles. The number of hydrogen-bond acceptors (Lipinski definition) is 6. The number of carboxylic acids is 1. The summed E-state index contributed by atoms with van der Waals surface area (Å²) < 4.78 is 5.23. The minimum Gasteiger partial charge on any atom is -0.480 e. The van der Waals surface area contributed by atoms with Gasteiger partial charge in [-0.15, -0.1) is 6.58 Å². The number of rotatable bonds is 6. The first kappa shape index (κ1) is 16.6. The molecule has 5 atom stereocenters. The van der Waals surface area contributed by atoms with E-state index in [0.717, 1.165) is 0 Å². The largest absolute Gasteiger partial charge is 0.480 e. The molecular formula is C13H20O7. The van der Waals surface area contributed by atoms with Crippen molar-refractivity contribution in [2.24, 2.45) is 5.92 Å². The summed E-state index contributed by atoms with van der Waals surface area (Å²) in [5.41, 5.74) is 0.168. The third-order valence-electron chi connectivity index (χ3n) is 3.40. The Morgan fingerprint density at radius 2 is 2.10 bits per heavy atom. The highest BCUT2D eigenvalue weighted by Crippen LogP contribution is 2.33. The lowest BCUT2D eigenvalue weighted by Gasteiger charge is -2.38. The molecule has 0 aromatic carbocycles. The van der Waals surface area contributed by atoms with Gasteiger partial charge in [-0.1, -0.05) is 13.0 Å². The molecule has 7 heteroatoms. The van der Waals surface area contributed by atoms with Gasteiger partial charge in [0.1, 0.15) is 18.3 Å². The Hall–Kier alpha value is -1.41. The highest BCUT2D eigenvalue weighted by molar-refractivity contribution is 5.85. The minimum absolute atomic E-state index is 0.137. The zero-order chi connectivity index (χ0) is 15.4. The van der Waals surface area contributed by atoms with Crippen LogP contribution < -0.4 is 0 Å². The van der Waals surface area contributed by atoms with Gasteiger partial charge in [0.15, 0.2) is 0 Å². The molecule has 114 valence electrons. The number of ether oxygens (including phenoxy) is 1. The molecule has 0 radical (unpaired) electrons. The highest BCUT2D eigenvalue weighted by Gasteiger charge is 2.43. The second-order valence-corrected chi connectivity index (χ2v) is 4.78. The standard InChI is InChI=1S/C13H20O7/c1-3-4-7-9(16)6(2)11(10(17)8(15)5-14)20-12(7)13(18)19/h3,6,8-11,14-17H,1,4-5H2,2H3,(H,18,19)/t6-,8-,9-,10-,11-/m1/s1. The topological polar surface area (TPSA) is 127 Å². The number of carbonyl (C=O) groups is 1. The maximum atomic E-state index is 11.2. The molecule has 1 aliphatic rings. The summed E-state index contributed by atoms with van der Waals surface area (Å²) in [6.45, 7) is 4.35. The van der Waals surface area contributed by atoms with Gasteiger partial charge in [0, 0.05) is 11.5 Å². The molecule has 0 unspecified atom stereocenters. The molecule has 0 aliphatic carbocycles. The van der Waals surface area contributed by atoms with Crippen molar-refractivity contribution in [1.29, 1.82) is 0 Å². The van der Waals surface area contributed by atoms with Gasteiger partial charge in [0.25, 0.3) is 0 Å². The van der Waals surface area contributed by atoms with Crippen molar-refractivity contribution in [1.82, 2.24) is 0 Å². The zero-order valence-corrected chi connectivity index (χ0v) is 11.1. The molecule has 20 heavy (non-hydrogen) atoms. The van der Waals surface area contributed by atoms with Gasteiger partial charge >= 0.3 is 5.97 Å². The van der Waals surface area contributed by atoms with Gasteiger partial charge in [-0.3, -0.25) is 0 Å². The van der Waals surface area contributed by atoms with Gasteiger partial charge in [-0.2, -0.15) is 0 Å². The van der Waals surface area contributed by atoms with Crippen molar-refractivity contribution in [2.75, 3.05) is 6.61 Å². The second kappa shape index (κ2) is 6.85. The fraction of sp³-hybridized carbons (Fsp3) is 0.615. The van der Waals surface area contributed by atoms with E-state index in [1.165, 1.54) is 6.08 Å². The van der Waals surface area contributed by atoms with Crippen molar-refractivity contribution in [3.8, 4) is 0 Å². The van der Waals surface area contributed by atoms with Crippen LogP contribution in [0.2, 0.25) is 0 Å². The quantitative estimate of drug-likeness (QED) is 0.397. The molecular weight excluding hydrogens is 268 g/mol. The summed E-state index contributed by atoms with van der Waals surface area (Å²) in [7, 11) is 0. The third kappa shape index (κ3) is 3.18. The Labute approximate surface area is 116 Å². The Balaban J connectivity index is 3.12. The average Bonchev–Trinajstić information content (AvgIpc) is 2.42. The summed E-state index contributed by atoms with van der Waals surface area (Å²) in [6.07, 6.45) is -3.68. The second-order valence-electron chi connectivity index (χ2n) is 4.78. The van der Waals surface area contributed by atoms with E-state index in [4.69, 9.17) is 14.9 Å². The van der Waals surface area contributed by atoms with Crippen molar-refractivity contribution in [3.63, 3.8) is 0 Å². The van der Waals surface area contributed by atoms with E-state index in [1.807, 2.05) is 0 Å². The predicted octanol–water partition coefficient (Wildman–Crippen LogP) is -0.989. The van der Waals surface area contributed by atoms with Crippen molar-refractivity contribution in [2.45, 2.75) is 37.8 Å². The van der Waals surface area contributed by atoms with Crippen LogP contribution in [0, 0.1) is 5.92 Å². The van der Waals surface area contributed by atoms with Crippen LogP contribution in [0.1, 0.15) is 13.3 Å². The molecule has 0 amide bonds. The number of carboxylic acid groups (broad SMARTS) is 1. The van der Waals surface area contributed by atoms with E-state index in [-0.39, 0.29) is 12.0 Å². The van der Waals surface area contributed by atoms with Gasteiger partial charge in [0.2, 0.25) is 5.76 Å². The van der Waals surface area contributed by atoms with Crippen LogP contribution in [0.5, 0.6) is 0 Å². The van der Waals surface area contributed by atoms with E-state index in [2.05, 4.69) is 6.58 Å². The van der Waals surface area contributed by atoms with Crippen LogP contribution in [0.15, 0.2) is 24.0 Å². The fourth-order valence-corrected chi connectivity index (χ4v) is 2.21. The molecule has 0 bridgehead atoms. The van der Waals surface area contributed by atoms with E-state index < -0.39 is 48.7 Å². The number of allylic oxidation sites excluding steroid dienone is 1. The molecule has 1 rings (SSSR count). The molecule has 0 fully saturated rings. The Bertz CT molecular complexity index is 404. The molecule has 0 aromatic rings. The van der Waals surface area contributed by atoms with Crippen LogP contribution in [-0.2, 0) is 9.53 Å². The highest BCUT2D eigenvalue weighted by atomic mass is 16.5. The first-order valence-corrected chi connectivity index (χ1v) is 6.24. The maximum Gasteiger partial charge on any atom is 0.371 e. The SMILES string of the molecule is C=CCC1=C(C(=O)O)O[C@@H]([C@H](O)[C@H](O)CO)[C@H](C)[C@H]1O. The molecule has 0 aromatic heterocycles. The Morgan fingerprint density at radius 3 is 2.55 bits per heavy atom. The summed E-state index contributed by atoms with van der Waals surface area (Å²) in [5, 5.41) is 47.4. The van der Waals surface area contributed by atoms with Crippen LogP contribution in [0.4, 0.5) is 0 Å². The molecule has 1 heterocycles. The number of hydrogen-bond donors (Lipinski definition) is 5. The summed E-state index contributed by atoms with van der Waals surface area (Å²) in [5.74, 6) is -2.47. The van der Waals surface area contributed by atoms with Gasteiger partial charge in [-0.05, 0) is 6.42 Å². The van der Waals surface area contributed by atoms with Gasteiger partial charge in [0.05, 0.1) is 12.7 Å². The van der Waals surface area contributed by atoms with Crippen LogP contribution in [-0.4, -0.2) is 62.5 Å². The van der Waals surface area contributed by atoms with Crippen molar-refractivity contribution in [3.05, 3.63) is 24.0 Å². The minimum atomic E-state index is -1.51. The van der Waals surface area contributed by atoms with E-state index in [0.29, 0.717) is 0 Å². The van der Waals surface area contributed by atoms with Crippen LogP contribution in [0.3, 0.4) is 0 Å². The Morgan fingerprint density at radius 1 is 1.50 bits per heavy atom. The lowest BCUT2D eigenvalue weighted by molar-refractivity contribution is -0.152. The number of aliphatic hydroxyl groups excluding tert-OH is 4. The summed E-state index contributed by atoms with van der Waals surface area (Å²) in [6, 6.07) is 0. The van der Waals surface area contributed by atoms with E-state index >= 15 is 0 Å². The normalized spacial score (nSPS) is 29.6. The number of aliphatic carboxylic acids is 1. The first-order chi connectivity index (χ1) is 9.34. The smallest absolute Gasteiger partial charge is 0.371 e. The molecule has 5 N–H and O–H groups in total. The third-order valence-corrected chi connectivity index (χ3v) is 3.40. The van der Waals surface area contributed by atoms with Gasteiger partial charge < -0.3 is 30.3 Å². The van der Waals surface area contributed by atoms with E-state index in [9.17, 15) is 20.1 Å². The van der Waals surface area contributed by atoms with Crippen LogP contribution in [0.25, 0.3) is 0 Å². The van der Waals surface area contributed by atoms with Crippen molar-refractivity contribution < 1.29 is 35.1 Å². The monoisotopic (exact) mass is 288 g/mol. The maximum absolute atomic E-state index is 11.2. The molecule has 7 nitrogen and oxygen atoms in total. The Kier molecular flexibility index (Phi) is 5.70. The first-order valence-electron chi connectivity index (χ1n) is 6.24. The molecule has 0 spiro atoms. The summed E-state index contributed by atoms with van der Waals surface area (Å²) >= 11 is 0.